The van der Waals surface area contributed by atoms with E-state index in [1.165, 1.54) is 10.5 Å². The zero-order valence-corrected chi connectivity index (χ0v) is 17.2. The van der Waals surface area contributed by atoms with Crippen molar-refractivity contribution in [1.82, 2.24) is 14.4 Å². The van der Waals surface area contributed by atoms with Crippen molar-refractivity contribution in [3.8, 4) is 0 Å². The Labute approximate surface area is 178 Å². The second kappa shape index (κ2) is 7.83. The topological polar surface area (TPSA) is 76.8 Å². The van der Waals surface area contributed by atoms with Gasteiger partial charge in [-0.25, -0.2) is 14.8 Å². The van der Waals surface area contributed by atoms with Gasteiger partial charge >= 0.3 is 5.97 Å². The van der Waals surface area contributed by atoms with Crippen molar-refractivity contribution in [2.24, 2.45) is 0 Å². The summed E-state index contributed by atoms with van der Waals surface area (Å²) in [6, 6.07) is 16.4. The highest BCUT2D eigenvalue weighted by atomic mass is 16.5. The van der Waals surface area contributed by atoms with Crippen LogP contribution in [0.25, 0.3) is 16.6 Å². The molecule has 0 N–H and O–H groups in total. The van der Waals surface area contributed by atoms with E-state index in [0.29, 0.717) is 22.7 Å². The Morgan fingerprint density at radius 1 is 1.03 bits per heavy atom. The Balaban J connectivity index is 1.46. The second-order valence-corrected chi connectivity index (χ2v) is 7.77. The summed E-state index contributed by atoms with van der Waals surface area (Å²) in [6.45, 7) is 3.51. The van der Waals surface area contributed by atoms with Gasteiger partial charge in [-0.05, 0) is 44.0 Å². The summed E-state index contributed by atoms with van der Waals surface area (Å²) >= 11 is 0. The average molecular weight is 414 g/mol. The molecule has 4 aromatic rings. The van der Waals surface area contributed by atoms with E-state index < -0.39 is 5.97 Å². The molecule has 5 rings (SSSR count). The summed E-state index contributed by atoms with van der Waals surface area (Å²) in [7, 11) is 0. The van der Waals surface area contributed by atoms with Gasteiger partial charge < -0.3 is 9.64 Å². The number of carbonyl (C=O) groups is 1. The summed E-state index contributed by atoms with van der Waals surface area (Å²) in [5.41, 5.74) is 2.84. The first kappa shape index (κ1) is 19.2. The Hall–Kier alpha value is -3.74. The van der Waals surface area contributed by atoms with Crippen LogP contribution in [0.15, 0.2) is 59.4 Å². The Bertz CT molecular complexity index is 1360. The second-order valence-electron chi connectivity index (χ2n) is 7.77. The number of pyridine rings is 2. The molecule has 7 heteroatoms. The molecule has 0 radical (unpaired) electrons. The maximum absolute atomic E-state index is 13.0. The van der Waals surface area contributed by atoms with E-state index >= 15 is 0 Å². The first-order valence-electron chi connectivity index (χ1n) is 10.4. The molecule has 7 nitrogen and oxygen atoms in total. The molecule has 0 bridgehead atoms. The highest BCUT2D eigenvalue weighted by Gasteiger charge is 2.23. The molecule has 1 fully saturated rings. The maximum Gasteiger partial charge on any atom is 0.342 e. The molecule has 0 amide bonds. The molecule has 0 saturated carbocycles. The van der Waals surface area contributed by atoms with Gasteiger partial charge in [0.1, 0.15) is 23.6 Å². The fraction of sp³-hybridized carbons (Fsp3) is 0.250. The summed E-state index contributed by atoms with van der Waals surface area (Å²) in [5, 5.41) is 0.884. The van der Waals surface area contributed by atoms with Gasteiger partial charge in [-0.1, -0.05) is 24.3 Å². The lowest BCUT2D eigenvalue weighted by molar-refractivity contribution is 0.0468. The van der Waals surface area contributed by atoms with Crippen LogP contribution in [-0.4, -0.2) is 33.4 Å². The Morgan fingerprint density at radius 2 is 1.84 bits per heavy atom. The number of anilines is 1. The van der Waals surface area contributed by atoms with Gasteiger partial charge in [0.2, 0.25) is 0 Å². The predicted molar refractivity (Wildman–Crippen MR) is 119 cm³/mol. The first-order chi connectivity index (χ1) is 15.1. The SMILES string of the molecule is Cc1cccc2nc(COC(=O)c3cc4ccccc4nc3N3CCCC3)cc(=O)n12. The smallest absolute Gasteiger partial charge is 0.342 e. The lowest BCUT2D eigenvalue weighted by Gasteiger charge is -2.20. The fourth-order valence-electron chi connectivity index (χ4n) is 4.08. The minimum atomic E-state index is -0.466. The molecular weight excluding hydrogens is 392 g/mol. The number of hydrogen-bond donors (Lipinski definition) is 0. The third-order valence-corrected chi connectivity index (χ3v) is 5.61. The van der Waals surface area contributed by atoms with E-state index in [1.807, 2.05) is 49.4 Å². The fourth-order valence-corrected chi connectivity index (χ4v) is 4.08. The van der Waals surface area contributed by atoms with Crippen LogP contribution in [0, 0.1) is 6.92 Å². The highest BCUT2D eigenvalue weighted by molar-refractivity contribution is 5.99. The molecule has 3 aromatic heterocycles. The predicted octanol–water partition coefficient (Wildman–Crippen LogP) is 3.51. The van der Waals surface area contributed by atoms with Crippen molar-refractivity contribution in [1.29, 1.82) is 0 Å². The van der Waals surface area contributed by atoms with Gasteiger partial charge in [0, 0.05) is 30.2 Å². The standard InChI is InChI=1S/C24H22N4O3/c1-16-7-6-10-21-25-18(14-22(29)28(16)21)15-31-24(30)19-13-17-8-2-3-9-20(17)26-23(19)27-11-4-5-12-27/h2-3,6-10,13-14H,4-5,11-12,15H2,1H3. The number of ether oxygens (including phenoxy) is 1. The van der Waals surface area contributed by atoms with Crippen molar-refractivity contribution in [2.45, 2.75) is 26.4 Å². The van der Waals surface area contributed by atoms with Crippen molar-refractivity contribution in [2.75, 3.05) is 18.0 Å². The van der Waals surface area contributed by atoms with E-state index in [1.54, 1.807) is 6.07 Å². The van der Waals surface area contributed by atoms with E-state index in [4.69, 9.17) is 9.72 Å². The zero-order chi connectivity index (χ0) is 21.4. The number of esters is 1. The van der Waals surface area contributed by atoms with Gasteiger partial charge in [0.25, 0.3) is 5.56 Å². The summed E-state index contributed by atoms with van der Waals surface area (Å²) in [4.78, 5) is 36.9. The summed E-state index contributed by atoms with van der Waals surface area (Å²) < 4.78 is 7.11. The summed E-state index contributed by atoms with van der Waals surface area (Å²) in [6.07, 6.45) is 2.15. The van der Waals surface area contributed by atoms with Crippen molar-refractivity contribution in [3.05, 3.63) is 81.9 Å². The molecule has 1 saturated heterocycles. The number of hydrogen-bond acceptors (Lipinski definition) is 6. The number of benzene rings is 1. The molecule has 31 heavy (non-hydrogen) atoms. The largest absolute Gasteiger partial charge is 0.455 e. The first-order valence-corrected chi connectivity index (χ1v) is 10.4. The number of aromatic nitrogens is 3. The molecule has 1 aliphatic heterocycles. The normalized spacial score (nSPS) is 13.8. The van der Waals surface area contributed by atoms with E-state index in [0.717, 1.165) is 42.5 Å². The molecule has 0 atom stereocenters. The van der Waals surface area contributed by atoms with E-state index in [9.17, 15) is 9.59 Å². The van der Waals surface area contributed by atoms with E-state index in [2.05, 4.69) is 9.88 Å². The minimum Gasteiger partial charge on any atom is -0.455 e. The monoisotopic (exact) mass is 414 g/mol. The molecule has 0 unspecified atom stereocenters. The third kappa shape index (κ3) is 3.63. The number of para-hydroxylation sites is 1. The molecule has 1 aromatic carbocycles. The van der Waals surface area contributed by atoms with Gasteiger partial charge in [-0.3, -0.25) is 9.20 Å². The van der Waals surface area contributed by atoms with Gasteiger partial charge in [-0.15, -0.1) is 0 Å². The molecule has 156 valence electrons. The van der Waals surface area contributed by atoms with Gasteiger partial charge in [0.05, 0.1) is 11.2 Å². The number of rotatable bonds is 4. The minimum absolute atomic E-state index is 0.0786. The molecular formula is C24H22N4O3. The van der Waals surface area contributed by atoms with Gasteiger partial charge in [-0.2, -0.15) is 0 Å². The van der Waals surface area contributed by atoms with Crippen LogP contribution in [-0.2, 0) is 11.3 Å². The van der Waals surface area contributed by atoms with Crippen molar-refractivity contribution < 1.29 is 9.53 Å². The van der Waals surface area contributed by atoms with Crippen molar-refractivity contribution in [3.63, 3.8) is 0 Å². The van der Waals surface area contributed by atoms with Gasteiger partial charge in [0.15, 0.2) is 0 Å². The zero-order valence-electron chi connectivity index (χ0n) is 17.2. The molecule has 0 aliphatic carbocycles. The van der Waals surface area contributed by atoms with Crippen LogP contribution >= 0.6 is 0 Å². The molecule has 1 aliphatic rings. The Morgan fingerprint density at radius 3 is 2.68 bits per heavy atom. The van der Waals surface area contributed by atoms with Crippen LogP contribution in [0.1, 0.15) is 34.6 Å². The number of fused-ring (bicyclic) bond motifs is 2. The van der Waals surface area contributed by atoms with Crippen LogP contribution in [0.2, 0.25) is 0 Å². The van der Waals surface area contributed by atoms with Crippen molar-refractivity contribution >= 4 is 28.3 Å². The average Bonchev–Trinajstić information content (AvgIpc) is 3.31. The maximum atomic E-state index is 13.0. The molecule has 4 heterocycles. The number of nitrogens with zero attached hydrogens (tertiary/aromatic N) is 4. The summed E-state index contributed by atoms with van der Waals surface area (Å²) in [5.74, 6) is 0.190. The molecule has 0 spiro atoms. The lowest BCUT2D eigenvalue weighted by Crippen LogP contribution is -2.23. The van der Waals surface area contributed by atoms with Crippen LogP contribution in [0.4, 0.5) is 5.82 Å². The van der Waals surface area contributed by atoms with Crippen LogP contribution in [0.5, 0.6) is 0 Å². The Kier molecular flexibility index (Phi) is 4.86. The van der Waals surface area contributed by atoms with Crippen LogP contribution in [0.3, 0.4) is 0 Å². The van der Waals surface area contributed by atoms with E-state index in [-0.39, 0.29) is 12.2 Å². The van der Waals surface area contributed by atoms with Crippen LogP contribution < -0.4 is 10.5 Å². The lowest BCUT2D eigenvalue weighted by atomic mass is 10.1. The quantitative estimate of drug-likeness (QED) is 0.476. The number of carbonyl (C=O) groups excluding carboxylic acids is 1. The highest BCUT2D eigenvalue weighted by Crippen LogP contribution is 2.27. The third-order valence-electron chi connectivity index (χ3n) is 5.61. The number of aryl methyl sites for hydroxylation is 1.